The highest BCUT2D eigenvalue weighted by molar-refractivity contribution is 5.87. The highest BCUT2D eigenvalue weighted by Gasteiger charge is 2.38. The molecule has 25 heavy (non-hydrogen) atoms. The van der Waals surface area contributed by atoms with Gasteiger partial charge in [0.05, 0.1) is 13.7 Å². The van der Waals surface area contributed by atoms with Crippen molar-refractivity contribution in [1.82, 2.24) is 15.2 Å². The van der Waals surface area contributed by atoms with E-state index in [9.17, 15) is 9.59 Å². The molecule has 0 bridgehead atoms. The summed E-state index contributed by atoms with van der Waals surface area (Å²) in [5.41, 5.74) is 1.70. The molecule has 0 aliphatic carbocycles. The maximum absolute atomic E-state index is 12.5. The summed E-state index contributed by atoms with van der Waals surface area (Å²) in [4.78, 5) is 29.9. The maximum Gasteiger partial charge on any atom is 0.410 e. The van der Waals surface area contributed by atoms with Gasteiger partial charge in [0.2, 0.25) is 5.91 Å². The van der Waals surface area contributed by atoms with Gasteiger partial charge in [-0.1, -0.05) is 24.3 Å². The summed E-state index contributed by atoms with van der Waals surface area (Å²) in [6.45, 7) is 0.626. The highest BCUT2D eigenvalue weighted by atomic mass is 16.6. The van der Waals surface area contributed by atoms with Gasteiger partial charge in [-0.15, -0.1) is 0 Å². The summed E-state index contributed by atoms with van der Waals surface area (Å²) in [5, 5.41) is 2.82. The molecule has 1 saturated heterocycles. The first kappa shape index (κ1) is 16.8. The van der Waals surface area contributed by atoms with E-state index >= 15 is 0 Å². The molecule has 0 radical (unpaired) electrons. The normalized spacial score (nSPS) is 16.4. The molecular weight excluding hydrogens is 322 g/mol. The third-order valence-corrected chi connectivity index (χ3v) is 4.00. The van der Waals surface area contributed by atoms with Gasteiger partial charge in [-0.05, 0) is 17.7 Å². The highest BCUT2D eigenvalue weighted by Crippen LogP contribution is 2.23. The zero-order chi connectivity index (χ0) is 17.6. The molecule has 1 aliphatic rings. The number of nitrogens with zero attached hydrogens (tertiary/aromatic N) is 2. The molecule has 7 heteroatoms. The van der Waals surface area contributed by atoms with Gasteiger partial charge < -0.3 is 14.8 Å². The fraction of sp³-hybridized carbons (Fsp3) is 0.278. The monoisotopic (exact) mass is 341 g/mol. The van der Waals surface area contributed by atoms with E-state index in [0.717, 1.165) is 11.1 Å². The average molecular weight is 341 g/mol. The second-order valence-electron chi connectivity index (χ2n) is 5.61. The minimum Gasteiger partial charge on any atom is -0.496 e. The zero-order valence-electron chi connectivity index (χ0n) is 13.8. The van der Waals surface area contributed by atoms with Crippen molar-refractivity contribution in [3.8, 4) is 5.75 Å². The van der Waals surface area contributed by atoms with Crippen molar-refractivity contribution in [3.63, 3.8) is 0 Å². The van der Waals surface area contributed by atoms with Crippen LogP contribution in [0.3, 0.4) is 0 Å². The van der Waals surface area contributed by atoms with Crippen LogP contribution in [0.25, 0.3) is 0 Å². The number of nitrogens with one attached hydrogen (secondary N) is 1. The van der Waals surface area contributed by atoms with E-state index in [4.69, 9.17) is 9.47 Å². The SMILES string of the molecule is COc1ccccc1CN1C(=O)OC[C@H]1C(=O)NCc1cccnc1. The molecule has 1 atom stereocenters. The van der Waals surface area contributed by atoms with Crippen LogP contribution >= 0.6 is 0 Å². The molecule has 1 aromatic heterocycles. The lowest BCUT2D eigenvalue weighted by atomic mass is 10.1. The first-order chi connectivity index (χ1) is 12.2. The zero-order valence-corrected chi connectivity index (χ0v) is 13.8. The topological polar surface area (TPSA) is 80.8 Å². The van der Waals surface area contributed by atoms with Crippen molar-refractivity contribution < 1.29 is 19.1 Å². The van der Waals surface area contributed by atoms with E-state index in [0.29, 0.717) is 12.3 Å². The van der Waals surface area contributed by atoms with E-state index in [1.807, 2.05) is 30.3 Å². The third kappa shape index (κ3) is 3.88. The number of hydrogen-bond donors (Lipinski definition) is 1. The van der Waals surface area contributed by atoms with Crippen LogP contribution in [-0.4, -0.2) is 41.6 Å². The average Bonchev–Trinajstić information content (AvgIpc) is 3.02. The van der Waals surface area contributed by atoms with Crippen molar-refractivity contribution in [2.75, 3.05) is 13.7 Å². The van der Waals surface area contributed by atoms with Gasteiger partial charge in [-0.25, -0.2) is 4.79 Å². The van der Waals surface area contributed by atoms with Crippen LogP contribution in [0.2, 0.25) is 0 Å². The van der Waals surface area contributed by atoms with Gasteiger partial charge in [0.25, 0.3) is 0 Å². The summed E-state index contributed by atoms with van der Waals surface area (Å²) < 4.78 is 10.4. The Kier molecular flexibility index (Phi) is 5.13. The molecule has 0 spiro atoms. The number of pyridine rings is 1. The Morgan fingerprint density at radius 3 is 2.96 bits per heavy atom. The van der Waals surface area contributed by atoms with Gasteiger partial charge in [0.1, 0.15) is 18.4 Å². The van der Waals surface area contributed by atoms with Crippen LogP contribution in [0.15, 0.2) is 48.8 Å². The molecule has 0 unspecified atom stereocenters. The molecule has 2 aromatic rings. The number of aromatic nitrogens is 1. The fourth-order valence-electron chi connectivity index (χ4n) is 2.67. The molecule has 7 nitrogen and oxygen atoms in total. The van der Waals surface area contributed by atoms with Crippen LogP contribution in [0, 0.1) is 0 Å². The predicted octanol–water partition coefficient (Wildman–Crippen LogP) is 1.73. The molecule has 1 aliphatic heterocycles. The van der Waals surface area contributed by atoms with Crippen molar-refractivity contribution in [1.29, 1.82) is 0 Å². The lowest BCUT2D eigenvalue weighted by Crippen LogP contribution is -2.45. The van der Waals surface area contributed by atoms with Crippen LogP contribution in [0.4, 0.5) is 4.79 Å². The summed E-state index contributed by atoms with van der Waals surface area (Å²) >= 11 is 0. The third-order valence-electron chi connectivity index (χ3n) is 4.00. The van der Waals surface area contributed by atoms with E-state index in [1.165, 1.54) is 4.90 Å². The van der Waals surface area contributed by atoms with Gasteiger partial charge in [0, 0.05) is 24.5 Å². The Morgan fingerprint density at radius 2 is 2.20 bits per heavy atom. The minimum atomic E-state index is -0.672. The number of carbonyl (C=O) groups excluding carboxylic acids is 2. The van der Waals surface area contributed by atoms with Gasteiger partial charge in [-0.3, -0.25) is 14.7 Å². The number of methoxy groups -OCH3 is 1. The first-order valence-corrected chi connectivity index (χ1v) is 7.91. The largest absolute Gasteiger partial charge is 0.496 e. The van der Waals surface area contributed by atoms with E-state index in [1.54, 1.807) is 25.6 Å². The number of rotatable bonds is 6. The van der Waals surface area contributed by atoms with Crippen LogP contribution in [0.5, 0.6) is 5.75 Å². The molecule has 1 aromatic carbocycles. The van der Waals surface area contributed by atoms with Crippen molar-refractivity contribution in [2.24, 2.45) is 0 Å². The fourth-order valence-corrected chi connectivity index (χ4v) is 2.67. The van der Waals surface area contributed by atoms with Crippen molar-refractivity contribution >= 4 is 12.0 Å². The number of para-hydroxylation sites is 1. The second kappa shape index (κ2) is 7.65. The van der Waals surface area contributed by atoms with Gasteiger partial charge in [-0.2, -0.15) is 0 Å². The Bertz CT molecular complexity index is 751. The quantitative estimate of drug-likeness (QED) is 0.865. The van der Waals surface area contributed by atoms with E-state index in [-0.39, 0.29) is 19.1 Å². The Morgan fingerprint density at radius 1 is 1.36 bits per heavy atom. The van der Waals surface area contributed by atoms with E-state index in [2.05, 4.69) is 10.3 Å². The number of ether oxygens (including phenoxy) is 2. The summed E-state index contributed by atoms with van der Waals surface area (Å²) in [5.74, 6) is 0.404. The Labute approximate surface area is 145 Å². The van der Waals surface area contributed by atoms with Crippen LogP contribution in [0.1, 0.15) is 11.1 Å². The van der Waals surface area contributed by atoms with Crippen molar-refractivity contribution in [3.05, 3.63) is 59.9 Å². The lowest BCUT2D eigenvalue weighted by Gasteiger charge is -2.21. The molecule has 2 amide bonds. The minimum absolute atomic E-state index is 0.0346. The smallest absolute Gasteiger partial charge is 0.410 e. The van der Waals surface area contributed by atoms with Crippen LogP contribution < -0.4 is 10.1 Å². The van der Waals surface area contributed by atoms with Gasteiger partial charge >= 0.3 is 6.09 Å². The summed E-state index contributed by atoms with van der Waals surface area (Å²) in [7, 11) is 1.57. The summed E-state index contributed by atoms with van der Waals surface area (Å²) in [6, 6.07) is 10.4. The first-order valence-electron chi connectivity index (χ1n) is 7.91. The maximum atomic E-state index is 12.5. The van der Waals surface area contributed by atoms with Crippen LogP contribution in [-0.2, 0) is 22.6 Å². The number of carbonyl (C=O) groups is 2. The number of cyclic esters (lactones) is 1. The predicted molar refractivity (Wildman–Crippen MR) is 89.8 cm³/mol. The Balaban J connectivity index is 1.67. The molecule has 1 N–H and O–H groups in total. The summed E-state index contributed by atoms with van der Waals surface area (Å²) in [6.07, 6.45) is 2.85. The molecule has 3 rings (SSSR count). The lowest BCUT2D eigenvalue weighted by molar-refractivity contribution is -0.125. The van der Waals surface area contributed by atoms with E-state index < -0.39 is 12.1 Å². The van der Waals surface area contributed by atoms with Crippen molar-refractivity contribution in [2.45, 2.75) is 19.1 Å². The number of amides is 2. The standard InChI is InChI=1S/C18H19N3O4/c1-24-16-7-3-2-6-14(16)11-21-15(12-25-18(21)23)17(22)20-10-13-5-4-8-19-9-13/h2-9,15H,10-12H2,1H3,(H,20,22)/t15-/m0/s1. The Hall–Kier alpha value is -3.09. The number of benzene rings is 1. The molecule has 2 heterocycles. The molecule has 0 saturated carbocycles. The molecular formula is C18H19N3O4. The number of hydrogen-bond acceptors (Lipinski definition) is 5. The van der Waals surface area contributed by atoms with Gasteiger partial charge in [0.15, 0.2) is 0 Å². The second-order valence-corrected chi connectivity index (χ2v) is 5.61. The molecule has 1 fully saturated rings. The molecule has 130 valence electrons.